The molecule has 0 spiro atoms. The number of unbranched alkanes of at least 4 members (excludes halogenated alkanes) is 2. The van der Waals surface area contributed by atoms with Gasteiger partial charge in [-0.2, -0.15) is 5.26 Å². The van der Waals surface area contributed by atoms with Gasteiger partial charge in [0.05, 0.1) is 17.2 Å². The van der Waals surface area contributed by atoms with Crippen molar-refractivity contribution in [3.8, 4) is 17.6 Å². The molecule has 0 aliphatic carbocycles. The van der Waals surface area contributed by atoms with E-state index in [2.05, 4.69) is 6.92 Å². The van der Waals surface area contributed by atoms with Gasteiger partial charge >= 0.3 is 11.9 Å². The van der Waals surface area contributed by atoms with E-state index in [1.165, 1.54) is 0 Å². The minimum Gasteiger partial charge on any atom is -0.427 e. The van der Waals surface area contributed by atoms with Gasteiger partial charge < -0.3 is 9.47 Å². The second kappa shape index (κ2) is 9.24. The Balaban J connectivity index is 1.91. The van der Waals surface area contributed by atoms with Gasteiger partial charge in [-0.25, -0.2) is 4.79 Å². The molecule has 2 aromatic carbocycles. The van der Waals surface area contributed by atoms with Crippen molar-refractivity contribution in [2.45, 2.75) is 32.6 Å². The van der Waals surface area contributed by atoms with Gasteiger partial charge in [0.2, 0.25) is 0 Å². The van der Waals surface area contributed by atoms with E-state index in [0.717, 1.165) is 19.3 Å². The molecule has 0 atom stereocenters. The molecular formula is C20H19NO4. The normalized spacial score (nSPS) is 9.92. The summed E-state index contributed by atoms with van der Waals surface area (Å²) >= 11 is 0. The summed E-state index contributed by atoms with van der Waals surface area (Å²) in [5.41, 5.74) is 0.833. The summed E-state index contributed by atoms with van der Waals surface area (Å²) < 4.78 is 10.4. The number of carbonyl (C=O) groups excluding carboxylic acids is 2. The fourth-order valence-corrected chi connectivity index (χ4v) is 2.12. The molecule has 0 aromatic heterocycles. The van der Waals surface area contributed by atoms with Crippen molar-refractivity contribution >= 4 is 11.9 Å². The first-order chi connectivity index (χ1) is 12.1. The van der Waals surface area contributed by atoms with E-state index in [1.54, 1.807) is 48.5 Å². The summed E-state index contributed by atoms with van der Waals surface area (Å²) in [6, 6.07) is 14.5. The number of ether oxygens (including phenoxy) is 2. The lowest BCUT2D eigenvalue weighted by Crippen LogP contribution is -2.10. The Kier molecular flexibility index (Phi) is 6.73. The number of nitrogens with zero attached hydrogens (tertiary/aromatic N) is 1. The third-order valence-electron chi connectivity index (χ3n) is 3.50. The maximum absolute atomic E-state index is 12.1. The number of esters is 2. The number of hydrogen-bond acceptors (Lipinski definition) is 5. The third-order valence-corrected chi connectivity index (χ3v) is 3.50. The number of carbonyl (C=O) groups is 2. The van der Waals surface area contributed by atoms with Crippen LogP contribution >= 0.6 is 0 Å². The van der Waals surface area contributed by atoms with Crippen LogP contribution in [0.1, 0.15) is 48.5 Å². The maximum Gasteiger partial charge on any atom is 0.343 e. The van der Waals surface area contributed by atoms with Crippen LogP contribution in [-0.2, 0) is 4.79 Å². The molecule has 0 radical (unpaired) electrons. The van der Waals surface area contributed by atoms with Crippen LogP contribution in [0.5, 0.6) is 11.5 Å². The first-order valence-corrected chi connectivity index (χ1v) is 8.15. The van der Waals surface area contributed by atoms with Crippen LogP contribution in [0.25, 0.3) is 0 Å². The molecule has 0 heterocycles. The lowest BCUT2D eigenvalue weighted by atomic mass is 10.2. The van der Waals surface area contributed by atoms with Crippen LogP contribution in [0, 0.1) is 11.3 Å². The zero-order chi connectivity index (χ0) is 18.1. The van der Waals surface area contributed by atoms with Crippen LogP contribution in [0.2, 0.25) is 0 Å². The monoisotopic (exact) mass is 337 g/mol. The molecule has 0 amide bonds. The Labute approximate surface area is 146 Å². The van der Waals surface area contributed by atoms with Gasteiger partial charge in [0, 0.05) is 6.42 Å². The average molecular weight is 337 g/mol. The summed E-state index contributed by atoms with van der Waals surface area (Å²) in [5.74, 6) is -0.0428. The molecule has 0 unspecified atom stereocenters. The summed E-state index contributed by atoms with van der Waals surface area (Å²) in [4.78, 5) is 23.7. The van der Waals surface area contributed by atoms with Crippen molar-refractivity contribution in [3.63, 3.8) is 0 Å². The Bertz CT molecular complexity index is 758. The second-order valence-corrected chi connectivity index (χ2v) is 5.48. The summed E-state index contributed by atoms with van der Waals surface area (Å²) in [6.45, 7) is 2.07. The van der Waals surface area contributed by atoms with Crippen molar-refractivity contribution in [2.24, 2.45) is 0 Å². The molecule has 0 bridgehead atoms. The quantitative estimate of drug-likeness (QED) is 0.428. The second-order valence-electron chi connectivity index (χ2n) is 5.48. The molecule has 0 saturated heterocycles. The van der Waals surface area contributed by atoms with Crippen molar-refractivity contribution in [1.82, 2.24) is 0 Å². The predicted octanol–water partition coefficient (Wildman–Crippen LogP) is 4.26. The highest BCUT2D eigenvalue weighted by atomic mass is 16.5. The number of rotatable bonds is 7. The largest absolute Gasteiger partial charge is 0.427 e. The highest BCUT2D eigenvalue weighted by Gasteiger charge is 2.10. The van der Waals surface area contributed by atoms with Gasteiger partial charge in [0.15, 0.2) is 0 Å². The Morgan fingerprint density at radius 2 is 1.52 bits per heavy atom. The molecule has 2 aromatic rings. The Morgan fingerprint density at radius 3 is 2.12 bits per heavy atom. The fraction of sp³-hybridized carbons (Fsp3) is 0.250. The van der Waals surface area contributed by atoms with E-state index in [1.807, 2.05) is 6.07 Å². The molecule has 0 aliphatic rings. The summed E-state index contributed by atoms with van der Waals surface area (Å²) in [5, 5.41) is 8.74. The van der Waals surface area contributed by atoms with Crippen LogP contribution < -0.4 is 9.47 Å². The fourth-order valence-electron chi connectivity index (χ4n) is 2.12. The zero-order valence-electron chi connectivity index (χ0n) is 14.0. The highest BCUT2D eigenvalue weighted by molar-refractivity contribution is 5.91. The molecular weight excluding hydrogens is 318 g/mol. The lowest BCUT2D eigenvalue weighted by molar-refractivity contribution is -0.134. The van der Waals surface area contributed by atoms with Gasteiger partial charge in [-0.05, 0) is 55.0 Å². The highest BCUT2D eigenvalue weighted by Crippen LogP contribution is 2.17. The van der Waals surface area contributed by atoms with Crippen LogP contribution in [-0.4, -0.2) is 11.9 Å². The van der Waals surface area contributed by atoms with Gasteiger partial charge in [-0.3, -0.25) is 4.79 Å². The standard InChI is InChI=1S/C20H19NO4/c1-2-3-4-5-19(22)24-17-12-8-16(9-13-17)20(23)25-18-10-6-15(14-21)7-11-18/h6-13H,2-5H2,1H3. The topological polar surface area (TPSA) is 76.4 Å². The number of nitriles is 1. The summed E-state index contributed by atoms with van der Waals surface area (Å²) in [7, 11) is 0. The van der Waals surface area contributed by atoms with Crippen molar-refractivity contribution < 1.29 is 19.1 Å². The Hall–Kier alpha value is -3.13. The molecule has 0 aliphatic heterocycles. The first kappa shape index (κ1) is 18.2. The molecule has 2 rings (SSSR count). The van der Waals surface area contributed by atoms with E-state index >= 15 is 0 Å². The van der Waals surface area contributed by atoms with Gasteiger partial charge in [-0.15, -0.1) is 0 Å². The third kappa shape index (κ3) is 5.78. The molecule has 0 fully saturated rings. The summed E-state index contributed by atoms with van der Waals surface area (Å²) in [6.07, 6.45) is 3.24. The van der Waals surface area contributed by atoms with Crippen molar-refractivity contribution in [3.05, 3.63) is 59.7 Å². The molecule has 25 heavy (non-hydrogen) atoms. The van der Waals surface area contributed by atoms with Crippen molar-refractivity contribution in [1.29, 1.82) is 5.26 Å². The Morgan fingerprint density at radius 1 is 0.920 bits per heavy atom. The zero-order valence-corrected chi connectivity index (χ0v) is 14.0. The minimum absolute atomic E-state index is 0.277. The van der Waals surface area contributed by atoms with E-state index < -0.39 is 5.97 Å². The molecule has 5 nitrogen and oxygen atoms in total. The van der Waals surface area contributed by atoms with E-state index in [9.17, 15) is 9.59 Å². The van der Waals surface area contributed by atoms with Gasteiger partial charge in [0.1, 0.15) is 11.5 Å². The molecule has 0 N–H and O–H groups in total. The van der Waals surface area contributed by atoms with Crippen LogP contribution in [0.15, 0.2) is 48.5 Å². The smallest absolute Gasteiger partial charge is 0.343 e. The van der Waals surface area contributed by atoms with Gasteiger partial charge in [0.25, 0.3) is 0 Å². The van der Waals surface area contributed by atoms with Crippen LogP contribution in [0.3, 0.4) is 0 Å². The van der Waals surface area contributed by atoms with E-state index in [4.69, 9.17) is 14.7 Å². The molecule has 0 saturated carbocycles. The maximum atomic E-state index is 12.1. The van der Waals surface area contributed by atoms with Crippen molar-refractivity contribution in [2.75, 3.05) is 0 Å². The number of hydrogen-bond donors (Lipinski definition) is 0. The molecule has 128 valence electrons. The van der Waals surface area contributed by atoms with E-state index in [-0.39, 0.29) is 5.97 Å². The first-order valence-electron chi connectivity index (χ1n) is 8.15. The van der Waals surface area contributed by atoms with Gasteiger partial charge in [-0.1, -0.05) is 19.8 Å². The van der Waals surface area contributed by atoms with Crippen LogP contribution in [0.4, 0.5) is 0 Å². The lowest BCUT2D eigenvalue weighted by Gasteiger charge is -2.06. The molecule has 5 heteroatoms. The minimum atomic E-state index is -0.523. The predicted molar refractivity (Wildman–Crippen MR) is 92.3 cm³/mol. The van der Waals surface area contributed by atoms with E-state index in [0.29, 0.717) is 29.0 Å². The SMILES string of the molecule is CCCCCC(=O)Oc1ccc(C(=O)Oc2ccc(C#N)cc2)cc1. The average Bonchev–Trinajstić information content (AvgIpc) is 2.63. The number of benzene rings is 2.